The third kappa shape index (κ3) is 5.46. The van der Waals surface area contributed by atoms with Crippen LogP contribution in [0.5, 0.6) is 0 Å². The zero-order valence-corrected chi connectivity index (χ0v) is 14.1. The Morgan fingerprint density at radius 2 is 1.56 bits per heavy atom. The minimum atomic E-state index is -4.90. The normalized spacial score (nSPS) is 13.4. The van der Waals surface area contributed by atoms with Crippen molar-refractivity contribution in [3.63, 3.8) is 0 Å². The van der Waals surface area contributed by atoms with Gasteiger partial charge >= 0.3 is 12.4 Å². The molecule has 3 N–H and O–H groups in total. The zero-order chi connectivity index (χ0) is 20.4. The van der Waals surface area contributed by atoms with Gasteiger partial charge in [-0.15, -0.1) is 0 Å². The summed E-state index contributed by atoms with van der Waals surface area (Å²) in [7, 11) is 0. The van der Waals surface area contributed by atoms with Gasteiger partial charge in [0.1, 0.15) is 0 Å². The van der Waals surface area contributed by atoms with Crippen molar-refractivity contribution in [2.24, 2.45) is 5.73 Å². The fourth-order valence-corrected chi connectivity index (χ4v) is 2.45. The van der Waals surface area contributed by atoms with Crippen LogP contribution in [0, 0.1) is 0 Å². The van der Waals surface area contributed by atoms with E-state index in [9.17, 15) is 31.1 Å². The lowest BCUT2D eigenvalue weighted by Gasteiger charge is -2.19. The molecule has 1 amide bonds. The molecule has 0 spiro atoms. The standard InChI is InChI=1S/C18H16F6N2O/c1-10(26-9-11-3-2-4-12(5-11)16(25)27)13-6-14(17(19,20)21)8-15(7-13)18(22,23)24/h2-8,10,26H,9H2,1H3,(H2,25,27). The van der Waals surface area contributed by atoms with Crippen LogP contribution in [0.4, 0.5) is 26.3 Å². The number of nitrogens with one attached hydrogen (secondary N) is 1. The molecule has 9 heteroatoms. The molecule has 1 unspecified atom stereocenters. The van der Waals surface area contributed by atoms with Crippen LogP contribution < -0.4 is 11.1 Å². The van der Waals surface area contributed by atoms with Gasteiger partial charge in [-0.1, -0.05) is 12.1 Å². The van der Waals surface area contributed by atoms with Gasteiger partial charge in [-0.25, -0.2) is 0 Å². The molecule has 146 valence electrons. The average molecular weight is 390 g/mol. The topological polar surface area (TPSA) is 55.1 Å². The fourth-order valence-electron chi connectivity index (χ4n) is 2.45. The van der Waals surface area contributed by atoms with Crippen molar-refractivity contribution in [3.8, 4) is 0 Å². The van der Waals surface area contributed by atoms with Crippen LogP contribution in [-0.4, -0.2) is 5.91 Å². The predicted molar refractivity (Wildman–Crippen MR) is 86.7 cm³/mol. The van der Waals surface area contributed by atoms with Crippen LogP contribution in [0.15, 0.2) is 42.5 Å². The second-order valence-electron chi connectivity index (χ2n) is 6.01. The van der Waals surface area contributed by atoms with Crippen LogP contribution in [0.1, 0.15) is 45.6 Å². The Kier molecular flexibility index (Phi) is 5.84. The SMILES string of the molecule is CC(NCc1cccc(C(N)=O)c1)c1cc(C(F)(F)F)cc(C(F)(F)F)c1. The molecular formula is C18H16F6N2O. The van der Waals surface area contributed by atoms with Gasteiger partial charge in [-0.3, -0.25) is 4.79 Å². The molecule has 0 fully saturated rings. The highest BCUT2D eigenvalue weighted by atomic mass is 19.4. The van der Waals surface area contributed by atoms with Gasteiger partial charge < -0.3 is 11.1 Å². The van der Waals surface area contributed by atoms with Gasteiger partial charge in [0.25, 0.3) is 0 Å². The van der Waals surface area contributed by atoms with E-state index in [1.807, 2.05) is 0 Å². The number of carbonyl (C=O) groups excluding carboxylic acids is 1. The maximum atomic E-state index is 12.9. The lowest BCUT2D eigenvalue weighted by molar-refractivity contribution is -0.143. The second kappa shape index (κ2) is 7.59. The van der Waals surface area contributed by atoms with Gasteiger partial charge in [0.05, 0.1) is 11.1 Å². The van der Waals surface area contributed by atoms with Crippen LogP contribution in [0.3, 0.4) is 0 Å². The summed E-state index contributed by atoms with van der Waals surface area (Å²) in [5.74, 6) is -0.641. The molecule has 0 aromatic heterocycles. The molecule has 0 aliphatic rings. The summed E-state index contributed by atoms with van der Waals surface area (Å²) in [5.41, 5.74) is 3.16. The lowest BCUT2D eigenvalue weighted by atomic mass is 10.00. The molecule has 0 saturated heterocycles. The van der Waals surface area contributed by atoms with E-state index in [4.69, 9.17) is 5.73 Å². The van der Waals surface area contributed by atoms with Crippen LogP contribution in [0.2, 0.25) is 0 Å². The van der Waals surface area contributed by atoms with Crippen LogP contribution in [-0.2, 0) is 18.9 Å². The molecule has 0 saturated carbocycles. The van der Waals surface area contributed by atoms with E-state index in [0.717, 1.165) is 0 Å². The quantitative estimate of drug-likeness (QED) is 0.729. The molecule has 1 atom stereocenters. The summed E-state index contributed by atoms with van der Waals surface area (Å²) in [5, 5.41) is 2.85. The van der Waals surface area contributed by atoms with Crippen molar-refractivity contribution in [1.82, 2.24) is 5.32 Å². The number of carbonyl (C=O) groups is 1. The first-order valence-electron chi connectivity index (χ1n) is 7.79. The van der Waals surface area contributed by atoms with Gasteiger partial charge in [-0.05, 0) is 48.4 Å². The van der Waals surface area contributed by atoms with Crippen molar-refractivity contribution < 1.29 is 31.1 Å². The maximum absolute atomic E-state index is 12.9. The van der Waals surface area contributed by atoms with Gasteiger partial charge in [0, 0.05) is 18.2 Å². The van der Waals surface area contributed by atoms with E-state index in [-0.39, 0.29) is 23.7 Å². The van der Waals surface area contributed by atoms with Crippen molar-refractivity contribution in [2.45, 2.75) is 31.9 Å². The highest BCUT2D eigenvalue weighted by Crippen LogP contribution is 2.37. The minimum Gasteiger partial charge on any atom is -0.366 e. The fraction of sp³-hybridized carbons (Fsp3) is 0.278. The summed E-state index contributed by atoms with van der Waals surface area (Å²) < 4.78 is 77.6. The molecule has 2 rings (SSSR count). The van der Waals surface area contributed by atoms with Gasteiger partial charge in [0.15, 0.2) is 0 Å². The number of halogens is 6. The first-order valence-corrected chi connectivity index (χ1v) is 7.79. The number of nitrogens with two attached hydrogens (primary N) is 1. The van der Waals surface area contributed by atoms with Crippen molar-refractivity contribution in [1.29, 1.82) is 0 Å². The van der Waals surface area contributed by atoms with Crippen molar-refractivity contribution in [2.75, 3.05) is 0 Å². The van der Waals surface area contributed by atoms with Crippen molar-refractivity contribution in [3.05, 3.63) is 70.3 Å². The first kappa shape index (κ1) is 20.8. The van der Waals surface area contributed by atoms with Crippen molar-refractivity contribution >= 4 is 5.91 Å². The molecule has 0 aliphatic carbocycles. The smallest absolute Gasteiger partial charge is 0.366 e. The summed E-state index contributed by atoms with van der Waals surface area (Å²) in [4.78, 5) is 11.2. The summed E-state index contributed by atoms with van der Waals surface area (Å²) in [6.45, 7) is 1.58. The summed E-state index contributed by atoms with van der Waals surface area (Å²) in [6, 6.07) is 6.89. The maximum Gasteiger partial charge on any atom is 0.416 e. The lowest BCUT2D eigenvalue weighted by Crippen LogP contribution is -2.20. The largest absolute Gasteiger partial charge is 0.416 e. The second-order valence-corrected chi connectivity index (χ2v) is 6.01. The molecule has 0 aliphatic heterocycles. The number of primary amides is 1. The highest BCUT2D eigenvalue weighted by Gasteiger charge is 2.37. The Morgan fingerprint density at radius 3 is 2.04 bits per heavy atom. The highest BCUT2D eigenvalue weighted by molar-refractivity contribution is 5.92. The minimum absolute atomic E-state index is 0.0898. The number of amides is 1. The third-order valence-corrected chi connectivity index (χ3v) is 3.93. The van der Waals surface area contributed by atoms with E-state index in [0.29, 0.717) is 17.7 Å². The summed E-state index contributed by atoms with van der Waals surface area (Å²) in [6.07, 6.45) is -9.79. The Morgan fingerprint density at radius 1 is 1.00 bits per heavy atom. The molecule has 27 heavy (non-hydrogen) atoms. The average Bonchev–Trinajstić information content (AvgIpc) is 2.58. The molecule has 2 aromatic carbocycles. The van der Waals surface area contributed by atoms with E-state index < -0.39 is 35.4 Å². The molecule has 0 bridgehead atoms. The van der Waals surface area contributed by atoms with Gasteiger partial charge in [-0.2, -0.15) is 26.3 Å². The van der Waals surface area contributed by atoms with E-state index in [1.54, 1.807) is 12.1 Å². The first-order chi connectivity index (χ1) is 12.4. The predicted octanol–water partition coefficient (Wildman–Crippen LogP) is 4.67. The summed E-state index contributed by atoms with van der Waals surface area (Å²) >= 11 is 0. The number of alkyl halides is 6. The third-order valence-electron chi connectivity index (χ3n) is 3.93. The molecular weight excluding hydrogens is 374 g/mol. The molecule has 2 aromatic rings. The van der Waals surface area contributed by atoms with Gasteiger partial charge in [0.2, 0.25) is 5.91 Å². The Bertz CT molecular complexity index is 797. The Balaban J connectivity index is 2.26. The van der Waals surface area contributed by atoms with Crippen LogP contribution in [0.25, 0.3) is 0 Å². The molecule has 0 heterocycles. The van der Waals surface area contributed by atoms with E-state index in [1.165, 1.54) is 19.1 Å². The van der Waals surface area contributed by atoms with E-state index in [2.05, 4.69) is 5.32 Å². The zero-order valence-electron chi connectivity index (χ0n) is 14.1. The molecule has 0 radical (unpaired) electrons. The Labute approximate surface area is 151 Å². The number of benzene rings is 2. The van der Waals surface area contributed by atoms with E-state index >= 15 is 0 Å². The number of rotatable bonds is 5. The van der Waals surface area contributed by atoms with Crippen LogP contribution >= 0.6 is 0 Å². The molecule has 3 nitrogen and oxygen atoms in total. The number of hydrogen-bond donors (Lipinski definition) is 2. The Hall–Kier alpha value is -2.55. The monoisotopic (exact) mass is 390 g/mol. The number of hydrogen-bond acceptors (Lipinski definition) is 2.